The molecule has 3 aliphatic carbocycles. The highest BCUT2D eigenvalue weighted by Gasteiger charge is 2.61. The van der Waals surface area contributed by atoms with Gasteiger partial charge in [-0.25, -0.2) is 0 Å². The molecule has 0 spiro atoms. The third-order valence-corrected chi connectivity index (χ3v) is 6.40. The smallest absolute Gasteiger partial charge is 0.326 e. The van der Waals surface area contributed by atoms with Crippen LogP contribution in [0.2, 0.25) is 0 Å². The van der Waals surface area contributed by atoms with Crippen LogP contribution >= 0.6 is 0 Å². The average molecular weight is 389 g/mol. The van der Waals surface area contributed by atoms with Crippen molar-refractivity contribution < 1.29 is 19.1 Å². The molecule has 1 saturated heterocycles. The number of imide groups is 1. The van der Waals surface area contributed by atoms with Crippen molar-refractivity contribution in [3.63, 3.8) is 0 Å². The van der Waals surface area contributed by atoms with Gasteiger partial charge in [0, 0.05) is 11.8 Å². The standard InChI is InChI=1S/C24H23NO4/c1-13(2)12-29-18(26)11-25-23(27)21-19-14-7-3-4-8-15(14)20(22(21)24(25)28)17-10-6-5-9-16(17)19/h3-10,13,19-22H,11-12H2,1-2H3/t19?,20?,21-,22-/m0/s1. The van der Waals surface area contributed by atoms with Crippen LogP contribution in [0, 0.1) is 17.8 Å². The van der Waals surface area contributed by atoms with E-state index in [0.29, 0.717) is 0 Å². The fraction of sp³-hybridized carbons (Fsp3) is 0.375. The zero-order chi connectivity index (χ0) is 20.3. The second kappa shape index (κ2) is 6.55. The van der Waals surface area contributed by atoms with Crippen molar-refractivity contribution in [3.8, 4) is 0 Å². The van der Waals surface area contributed by atoms with E-state index in [0.717, 1.165) is 27.2 Å². The van der Waals surface area contributed by atoms with Crippen LogP contribution in [-0.4, -0.2) is 35.8 Å². The minimum Gasteiger partial charge on any atom is -0.464 e. The summed E-state index contributed by atoms with van der Waals surface area (Å²) in [6.07, 6.45) is 0. The van der Waals surface area contributed by atoms with Gasteiger partial charge in [0.25, 0.3) is 0 Å². The summed E-state index contributed by atoms with van der Waals surface area (Å²) >= 11 is 0. The molecule has 1 heterocycles. The van der Waals surface area contributed by atoms with E-state index in [9.17, 15) is 14.4 Å². The van der Waals surface area contributed by atoms with E-state index in [1.165, 1.54) is 0 Å². The molecule has 5 heteroatoms. The van der Waals surface area contributed by atoms with Crippen LogP contribution in [0.4, 0.5) is 0 Å². The number of likely N-dealkylation sites (tertiary alicyclic amines) is 1. The van der Waals surface area contributed by atoms with Gasteiger partial charge in [-0.15, -0.1) is 0 Å². The van der Waals surface area contributed by atoms with Gasteiger partial charge in [0.2, 0.25) is 11.8 Å². The summed E-state index contributed by atoms with van der Waals surface area (Å²) in [6.45, 7) is 3.87. The topological polar surface area (TPSA) is 63.7 Å². The zero-order valence-electron chi connectivity index (χ0n) is 16.5. The first-order valence-corrected chi connectivity index (χ1v) is 10.2. The molecule has 0 unspecified atom stereocenters. The first-order chi connectivity index (χ1) is 14.0. The Morgan fingerprint density at radius 2 is 1.28 bits per heavy atom. The van der Waals surface area contributed by atoms with Gasteiger partial charge in [0.05, 0.1) is 18.4 Å². The molecule has 4 aliphatic rings. The number of carbonyl (C=O) groups is 3. The summed E-state index contributed by atoms with van der Waals surface area (Å²) < 4.78 is 5.22. The van der Waals surface area contributed by atoms with Crippen LogP contribution in [0.3, 0.4) is 0 Å². The second-order valence-electron chi connectivity index (χ2n) is 8.60. The molecule has 148 valence electrons. The second-order valence-corrected chi connectivity index (χ2v) is 8.60. The van der Waals surface area contributed by atoms with E-state index in [2.05, 4.69) is 24.3 Å². The lowest BCUT2D eigenvalue weighted by molar-refractivity contribution is -0.153. The molecule has 0 radical (unpaired) electrons. The molecule has 5 nitrogen and oxygen atoms in total. The van der Waals surface area contributed by atoms with Crippen molar-refractivity contribution in [2.45, 2.75) is 25.7 Å². The SMILES string of the molecule is CC(C)COC(=O)CN1C(=O)[C@H]2C3c4ccccc4C(c4ccccc43)[C@@H]2C1=O. The molecule has 0 N–H and O–H groups in total. The van der Waals surface area contributed by atoms with E-state index in [1.54, 1.807) is 0 Å². The van der Waals surface area contributed by atoms with Gasteiger partial charge in [-0.2, -0.15) is 0 Å². The number of carbonyl (C=O) groups excluding carboxylic acids is 3. The first-order valence-electron chi connectivity index (χ1n) is 10.2. The van der Waals surface area contributed by atoms with Gasteiger partial charge in [-0.05, 0) is 28.2 Å². The number of ether oxygens (including phenoxy) is 1. The van der Waals surface area contributed by atoms with Crippen molar-refractivity contribution in [1.29, 1.82) is 0 Å². The number of nitrogens with zero attached hydrogens (tertiary/aromatic N) is 1. The van der Waals surface area contributed by atoms with Crippen LogP contribution in [0.15, 0.2) is 48.5 Å². The Balaban J connectivity index is 1.54. The Kier molecular flexibility index (Phi) is 4.09. The normalized spacial score (nSPS) is 26.4. The number of esters is 1. The molecule has 1 aliphatic heterocycles. The van der Waals surface area contributed by atoms with Crippen LogP contribution in [-0.2, 0) is 19.1 Å². The largest absolute Gasteiger partial charge is 0.464 e. The number of hydrogen-bond acceptors (Lipinski definition) is 4. The van der Waals surface area contributed by atoms with Gasteiger partial charge >= 0.3 is 5.97 Å². The van der Waals surface area contributed by atoms with Gasteiger partial charge in [-0.1, -0.05) is 62.4 Å². The summed E-state index contributed by atoms with van der Waals surface area (Å²) in [4.78, 5) is 40.0. The molecule has 2 aromatic carbocycles. The van der Waals surface area contributed by atoms with Crippen LogP contribution < -0.4 is 0 Å². The maximum atomic E-state index is 13.3. The lowest BCUT2D eigenvalue weighted by atomic mass is 9.55. The lowest BCUT2D eigenvalue weighted by Gasteiger charge is -2.45. The molecule has 2 aromatic rings. The van der Waals surface area contributed by atoms with E-state index >= 15 is 0 Å². The Labute approximate surface area is 169 Å². The van der Waals surface area contributed by atoms with Crippen LogP contribution in [0.25, 0.3) is 0 Å². The van der Waals surface area contributed by atoms with Crippen molar-refractivity contribution in [2.24, 2.45) is 17.8 Å². The van der Waals surface area contributed by atoms with Gasteiger partial charge in [0.1, 0.15) is 6.54 Å². The predicted molar refractivity (Wildman–Crippen MR) is 106 cm³/mol. The van der Waals surface area contributed by atoms with Crippen LogP contribution in [0.1, 0.15) is 47.9 Å². The van der Waals surface area contributed by atoms with Crippen LogP contribution in [0.5, 0.6) is 0 Å². The summed E-state index contributed by atoms with van der Waals surface area (Å²) in [5.74, 6) is -2.02. The summed E-state index contributed by atoms with van der Waals surface area (Å²) in [7, 11) is 0. The highest BCUT2D eigenvalue weighted by molar-refractivity contribution is 6.09. The Bertz CT molecular complexity index is 912. The van der Waals surface area contributed by atoms with E-state index in [1.807, 2.05) is 38.1 Å². The van der Waals surface area contributed by atoms with Gasteiger partial charge in [-0.3, -0.25) is 19.3 Å². The molecular formula is C24H23NO4. The molecule has 0 aromatic heterocycles. The summed E-state index contributed by atoms with van der Waals surface area (Å²) in [5.41, 5.74) is 4.51. The fourth-order valence-electron chi connectivity index (χ4n) is 5.33. The zero-order valence-corrected chi connectivity index (χ0v) is 16.5. The maximum absolute atomic E-state index is 13.3. The number of amides is 2. The number of rotatable bonds is 4. The first kappa shape index (κ1) is 18.1. The predicted octanol–water partition coefficient (Wildman–Crippen LogP) is 3.08. The minimum absolute atomic E-state index is 0.148. The molecule has 1 fully saturated rings. The van der Waals surface area contributed by atoms with E-state index in [-0.39, 0.29) is 42.7 Å². The Morgan fingerprint density at radius 3 is 1.66 bits per heavy atom. The quantitative estimate of drug-likeness (QED) is 0.596. The Morgan fingerprint density at radius 1 is 0.862 bits per heavy atom. The molecule has 2 bridgehead atoms. The van der Waals surface area contributed by atoms with E-state index in [4.69, 9.17) is 4.74 Å². The third kappa shape index (κ3) is 2.56. The van der Waals surface area contributed by atoms with E-state index < -0.39 is 17.8 Å². The molecule has 0 saturated carbocycles. The molecular weight excluding hydrogens is 366 g/mol. The fourth-order valence-corrected chi connectivity index (χ4v) is 5.33. The highest BCUT2D eigenvalue weighted by atomic mass is 16.5. The number of hydrogen-bond donors (Lipinski definition) is 0. The van der Waals surface area contributed by atoms with Crippen molar-refractivity contribution in [3.05, 3.63) is 70.8 Å². The lowest BCUT2D eigenvalue weighted by Crippen LogP contribution is -2.41. The molecule has 2 atom stereocenters. The minimum atomic E-state index is -0.526. The Hall–Kier alpha value is -2.95. The third-order valence-electron chi connectivity index (χ3n) is 6.40. The highest BCUT2D eigenvalue weighted by Crippen LogP contribution is 2.60. The van der Waals surface area contributed by atoms with Crippen molar-refractivity contribution in [1.82, 2.24) is 4.90 Å². The molecule has 6 rings (SSSR count). The summed E-state index contributed by atoms with van der Waals surface area (Å²) in [5, 5.41) is 0. The monoisotopic (exact) mass is 389 g/mol. The maximum Gasteiger partial charge on any atom is 0.326 e. The summed E-state index contributed by atoms with van der Waals surface area (Å²) in [6, 6.07) is 16.2. The molecule has 2 amide bonds. The van der Waals surface area contributed by atoms with Crippen molar-refractivity contribution >= 4 is 17.8 Å². The van der Waals surface area contributed by atoms with Crippen molar-refractivity contribution in [2.75, 3.05) is 13.2 Å². The number of benzene rings is 2. The molecule has 29 heavy (non-hydrogen) atoms. The van der Waals surface area contributed by atoms with Gasteiger partial charge in [0.15, 0.2) is 0 Å². The van der Waals surface area contributed by atoms with Gasteiger partial charge < -0.3 is 4.74 Å². The average Bonchev–Trinajstić information content (AvgIpc) is 2.98.